The Morgan fingerprint density at radius 1 is 1.06 bits per heavy atom. The van der Waals surface area contributed by atoms with E-state index in [9.17, 15) is 4.79 Å². The molecule has 0 fully saturated rings. The van der Waals surface area contributed by atoms with Gasteiger partial charge in [-0.1, -0.05) is 51.9 Å². The van der Waals surface area contributed by atoms with E-state index in [1.807, 2.05) is 0 Å². The summed E-state index contributed by atoms with van der Waals surface area (Å²) in [4.78, 5) is 11.0. The van der Waals surface area contributed by atoms with Crippen LogP contribution in [0, 0.1) is 0 Å². The Morgan fingerprint density at radius 2 is 1.56 bits per heavy atom. The van der Waals surface area contributed by atoms with Crippen molar-refractivity contribution in [3.8, 4) is 0 Å². The Labute approximate surface area is 99.6 Å². The van der Waals surface area contributed by atoms with Crippen molar-refractivity contribution in [1.82, 2.24) is 5.32 Å². The molecule has 96 valence electrons. The van der Waals surface area contributed by atoms with E-state index in [1.54, 1.807) is 0 Å². The lowest BCUT2D eigenvalue weighted by molar-refractivity contribution is -0.128. The van der Waals surface area contributed by atoms with Crippen LogP contribution in [0.15, 0.2) is 0 Å². The SMILES string of the molecule is CCCCCCCCCCNC(=O)C(C)O. The monoisotopic (exact) mass is 229 g/mol. The standard InChI is InChI=1S/C13H27NO2/c1-3-4-5-6-7-8-9-10-11-14-13(16)12(2)15/h12,15H,3-11H2,1-2H3,(H,14,16). The van der Waals surface area contributed by atoms with Crippen LogP contribution in [0.25, 0.3) is 0 Å². The highest BCUT2D eigenvalue weighted by molar-refractivity contribution is 5.79. The molecule has 1 unspecified atom stereocenters. The summed E-state index contributed by atoms with van der Waals surface area (Å²) in [6.07, 6.45) is 9.23. The summed E-state index contributed by atoms with van der Waals surface area (Å²) in [7, 11) is 0. The van der Waals surface area contributed by atoms with Crippen molar-refractivity contribution in [2.75, 3.05) is 6.54 Å². The van der Waals surface area contributed by atoms with Crippen LogP contribution in [0.1, 0.15) is 65.2 Å². The second kappa shape index (κ2) is 10.9. The predicted molar refractivity (Wildman–Crippen MR) is 67.3 cm³/mol. The van der Waals surface area contributed by atoms with Gasteiger partial charge in [-0.25, -0.2) is 0 Å². The number of hydrogen-bond acceptors (Lipinski definition) is 2. The van der Waals surface area contributed by atoms with E-state index in [1.165, 1.54) is 51.9 Å². The lowest BCUT2D eigenvalue weighted by Gasteiger charge is -2.06. The molecule has 0 aliphatic carbocycles. The van der Waals surface area contributed by atoms with Crippen molar-refractivity contribution in [1.29, 1.82) is 0 Å². The van der Waals surface area contributed by atoms with Crippen molar-refractivity contribution in [3.63, 3.8) is 0 Å². The number of aliphatic hydroxyl groups excluding tert-OH is 1. The van der Waals surface area contributed by atoms with Gasteiger partial charge in [0.25, 0.3) is 0 Å². The van der Waals surface area contributed by atoms with Crippen LogP contribution < -0.4 is 5.32 Å². The van der Waals surface area contributed by atoms with Crippen LogP contribution in [0.2, 0.25) is 0 Å². The Bertz CT molecular complexity index is 169. The third-order valence-electron chi connectivity index (χ3n) is 2.71. The van der Waals surface area contributed by atoms with Crippen LogP contribution in [-0.4, -0.2) is 23.7 Å². The molecule has 16 heavy (non-hydrogen) atoms. The molecule has 3 nitrogen and oxygen atoms in total. The summed E-state index contributed by atoms with van der Waals surface area (Å²) in [5.74, 6) is -0.261. The summed E-state index contributed by atoms with van der Waals surface area (Å²) >= 11 is 0. The molecule has 0 spiro atoms. The van der Waals surface area contributed by atoms with Crippen LogP contribution in [0.5, 0.6) is 0 Å². The molecule has 1 atom stereocenters. The Kier molecular flexibility index (Phi) is 10.5. The summed E-state index contributed by atoms with van der Waals surface area (Å²) in [5, 5.41) is 11.6. The third kappa shape index (κ3) is 9.97. The minimum Gasteiger partial charge on any atom is -0.384 e. The summed E-state index contributed by atoms with van der Waals surface area (Å²) < 4.78 is 0. The lowest BCUT2D eigenvalue weighted by Crippen LogP contribution is -2.33. The van der Waals surface area contributed by atoms with Crippen LogP contribution in [-0.2, 0) is 4.79 Å². The fraction of sp³-hybridized carbons (Fsp3) is 0.923. The molecule has 0 saturated heterocycles. The summed E-state index contributed by atoms with van der Waals surface area (Å²) in [6.45, 7) is 4.41. The number of hydrogen-bond donors (Lipinski definition) is 2. The Hall–Kier alpha value is -0.570. The van der Waals surface area contributed by atoms with Crippen molar-refractivity contribution in [3.05, 3.63) is 0 Å². The molecule has 0 aromatic rings. The highest BCUT2D eigenvalue weighted by atomic mass is 16.3. The smallest absolute Gasteiger partial charge is 0.248 e. The van der Waals surface area contributed by atoms with E-state index in [2.05, 4.69) is 12.2 Å². The normalized spacial score (nSPS) is 12.4. The number of nitrogens with one attached hydrogen (secondary N) is 1. The van der Waals surface area contributed by atoms with E-state index in [-0.39, 0.29) is 5.91 Å². The first kappa shape index (κ1) is 15.4. The van der Waals surface area contributed by atoms with Gasteiger partial charge in [-0.05, 0) is 13.3 Å². The number of unbranched alkanes of at least 4 members (excludes halogenated alkanes) is 7. The Balaban J connectivity index is 3.07. The number of amides is 1. The molecular formula is C13H27NO2. The Morgan fingerprint density at radius 3 is 2.06 bits per heavy atom. The molecule has 0 bridgehead atoms. The van der Waals surface area contributed by atoms with Crippen LogP contribution in [0.3, 0.4) is 0 Å². The van der Waals surface area contributed by atoms with Gasteiger partial charge in [-0.3, -0.25) is 4.79 Å². The van der Waals surface area contributed by atoms with Gasteiger partial charge in [0.2, 0.25) is 5.91 Å². The fourth-order valence-electron chi connectivity index (χ4n) is 1.62. The van der Waals surface area contributed by atoms with E-state index < -0.39 is 6.10 Å². The van der Waals surface area contributed by atoms with Crippen molar-refractivity contribution in [2.45, 2.75) is 71.3 Å². The molecule has 0 aliphatic heterocycles. The first-order valence-corrected chi connectivity index (χ1v) is 6.64. The van der Waals surface area contributed by atoms with Crippen LogP contribution in [0.4, 0.5) is 0 Å². The molecular weight excluding hydrogens is 202 g/mol. The number of aliphatic hydroxyl groups is 1. The third-order valence-corrected chi connectivity index (χ3v) is 2.71. The maximum absolute atomic E-state index is 11.0. The maximum atomic E-state index is 11.0. The molecule has 2 N–H and O–H groups in total. The largest absolute Gasteiger partial charge is 0.384 e. The quantitative estimate of drug-likeness (QED) is 0.566. The number of carbonyl (C=O) groups is 1. The zero-order valence-electron chi connectivity index (χ0n) is 10.8. The topological polar surface area (TPSA) is 49.3 Å². The van der Waals surface area contributed by atoms with Gasteiger partial charge < -0.3 is 10.4 Å². The second-order valence-corrected chi connectivity index (χ2v) is 4.44. The first-order chi connectivity index (χ1) is 7.68. The second-order valence-electron chi connectivity index (χ2n) is 4.44. The summed E-state index contributed by atoms with van der Waals surface area (Å²) in [5.41, 5.74) is 0. The molecule has 0 heterocycles. The van der Waals surface area contributed by atoms with Crippen molar-refractivity contribution < 1.29 is 9.90 Å². The van der Waals surface area contributed by atoms with Crippen molar-refractivity contribution in [2.24, 2.45) is 0 Å². The average molecular weight is 229 g/mol. The van der Waals surface area contributed by atoms with Gasteiger partial charge in [0.05, 0.1) is 0 Å². The van der Waals surface area contributed by atoms with Crippen molar-refractivity contribution >= 4 is 5.91 Å². The average Bonchev–Trinajstić information content (AvgIpc) is 2.26. The van der Waals surface area contributed by atoms with Gasteiger partial charge in [0.15, 0.2) is 0 Å². The molecule has 1 amide bonds. The number of rotatable bonds is 10. The minimum absolute atomic E-state index is 0.261. The fourth-order valence-corrected chi connectivity index (χ4v) is 1.62. The van der Waals surface area contributed by atoms with E-state index in [0.717, 1.165) is 6.42 Å². The predicted octanol–water partition coefficient (Wildman–Crippen LogP) is 2.62. The zero-order chi connectivity index (χ0) is 12.2. The van der Waals surface area contributed by atoms with E-state index in [4.69, 9.17) is 5.11 Å². The molecule has 0 aromatic heterocycles. The van der Waals surface area contributed by atoms with Gasteiger partial charge in [0.1, 0.15) is 6.10 Å². The molecule has 0 radical (unpaired) electrons. The van der Waals surface area contributed by atoms with Gasteiger partial charge in [-0.15, -0.1) is 0 Å². The highest BCUT2D eigenvalue weighted by Crippen LogP contribution is 2.07. The zero-order valence-corrected chi connectivity index (χ0v) is 10.8. The molecule has 0 saturated carbocycles. The molecule has 3 heteroatoms. The highest BCUT2D eigenvalue weighted by Gasteiger charge is 2.06. The van der Waals surface area contributed by atoms with Gasteiger partial charge in [-0.2, -0.15) is 0 Å². The first-order valence-electron chi connectivity index (χ1n) is 6.64. The minimum atomic E-state index is -0.881. The number of carbonyl (C=O) groups excluding carboxylic acids is 1. The van der Waals surface area contributed by atoms with E-state index >= 15 is 0 Å². The summed E-state index contributed by atoms with van der Waals surface area (Å²) in [6, 6.07) is 0. The molecule has 0 aliphatic rings. The van der Waals surface area contributed by atoms with Gasteiger partial charge >= 0.3 is 0 Å². The lowest BCUT2D eigenvalue weighted by atomic mass is 10.1. The van der Waals surface area contributed by atoms with E-state index in [0.29, 0.717) is 6.54 Å². The van der Waals surface area contributed by atoms with Gasteiger partial charge in [0, 0.05) is 6.54 Å². The molecule has 0 rings (SSSR count). The molecule has 0 aromatic carbocycles. The van der Waals surface area contributed by atoms with Crippen LogP contribution >= 0.6 is 0 Å². The maximum Gasteiger partial charge on any atom is 0.248 e.